The van der Waals surface area contributed by atoms with Crippen LogP contribution in [0.5, 0.6) is 0 Å². The molecule has 0 amide bonds. The Morgan fingerprint density at radius 1 is 0.517 bits per heavy atom. The first-order valence-electron chi connectivity index (χ1n) is 10.2. The summed E-state index contributed by atoms with van der Waals surface area (Å²) < 4.78 is 20.2. The van der Waals surface area contributed by atoms with Crippen LogP contribution in [0.3, 0.4) is 0 Å². The van der Waals surface area contributed by atoms with E-state index in [9.17, 15) is 19.2 Å². The first-order valence-corrected chi connectivity index (χ1v) is 10.2. The van der Waals surface area contributed by atoms with Crippen LogP contribution in [-0.4, -0.2) is 52.3 Å². The van der Waals surface area contributed by atoms with Gasteiger partial charge in [0.15, 0.2) is 0 Å². The van der Waals surface area contributed by atoms with Crippen molar-refractivity contribution in [2.45, 2.75) is 19.3 Å². The van der Waals surface area contributed by atoms with E-state index in [0.29, 0.717) is 6.42 Å². The lowest BCUT2D eigenvalue weighted by atomic mass is 9.45. The first-order chi connectivity index (χ1) is 13.9. The minimum atomic E-state index is -0.568. The molecule has 0 heterocycles. The van der Waals surface area contributed by atoms with Crippen LogP contribution in [0.4, 0.5) is 0 Å². The fourth-order valence-corrected chi connectivity index (χ4v) is 7.68. The zero-order valence-electron chi connectivity index (χ0n) is 17.2. The van der Waals surface area contributed by atoms with Crippen molar-refractivity contribution < 1.29 is 38.1 Å². The smallest absolute Gasteiger partial charge is 0.309 e. The first kappa shape index (κ1) is 20.2. The van der Waals surface area contributed by atoms with Crippen LogP contribution in [0.1, 0.15) is 19.3 Å². The zero-order chi connectivity index (χ0) is 21.0. The molecule has 2 unspecified atom stereocenters. The lowest BCUT2D eigenvalue weighted by molar-refractivity contribution is -0.192. The summed E-state index contributed by atoms with van der Waals surface area (Å²) in [7, 11) is 5.33. The van der Waals surface area contributed by atoms with Gasteiger partial charge in [-0.05, 0) is 54.8 Å². The van der Waals surface area contributed by atoms with Crippen molar-refractivity contribution in [2.24, 2.45) is 59.2 Å². The number of methoxy groups -OCH3 is 4. The molecule has 0 aromatic rings. The molecule has 10 atom stereocenters. The van der Waals surface area contributed by atoms with Crippen molar-refractivity contribution >= 4 is 23.9 Å². The third kappa shape index (κ3) is 2.63. The Bertz CT molecular complexity index is 672. The van der Waals surface area contributed by atoms with Gasteiger partial charge < -0.3 is 18.9 Å². The van der Waals surface area contributed by atoms with Gasteiger partial charge in [-0.1, -0.05) is 0 Å². The molecule has 0 aromatic heterocycles. The molecule has 0 radical (unpaired) electrons. The maximum atomic E-state index is 12.7. The molecule has 0 saturated heterocycles. The number of ether oxygens (including phenoxy) is 4. The molecule has 4 bridgehead atoms. The molecule has 5 fully saturated rings. The SMILES string of the molecule is COC(=O)[C@@H]1[C@H](C(=O)OC)[C@H]2C[C@@H]1C1C2[C@H]2CC[C@@H]1[C@H](C(=O)OC)[C@@H]2C(=O)OC. The summed E-state index contributed by atoms with van der Waals surface area (Å²) in [5, 5.41) is 0. The molecule has 0 aliphatic heterocycles. The van der Waals surface area contributed by atoms with E-state index in [1.165, 1.54) is 28.4 Å². The van der Waals surface area contributed by atoms with Gasteiger partial charge in [0.2, 0.25) is 0 Å². The normalized spacial score (nSPS) is 44.0. The highest BCUT2D eigenvalue weighted by molar-refractivity contribution is 5.85. The molecule has 160 valence electrons. The number of hydrogen-bond donors (Lipinski definition) is 0. The van der Waals surface area contributed by atoms with Crippen molar-refractivity contribution in [3.05, 3.63) is 0 Å². The Morgan fingerprint density at radius 2 is 0.793 bits per heavy atom. The van der Waals surface area contributed by atoms with Gasteiger partial charge in [-0.3, -0.25) is 19.2 Å². The molecule has 8 heteroatoms. The second kappa shape index (κ2) is 7.29. The minimum Gasteiger partial charge on any atom is -0.469 e. The fraction of sp³-hybridized carbons (Fsp3) is 0.810. The highest BCUT2D eigenvalue weighted by Crippen LogP contribution is 2.70. The highest BCUT2D eigenvalue weighted by Gasteiger charge is 2.72. The summed E-state index contributed by atoms with van der Waals surface area (Å²) in [6.07, 6.45) is 2.32. The third-order valence-corrected chi connectivity index (χ3v) is 8.31. The average molecular weight is 408 g/mol. The van der Waals surface area contributed by atoms with Crippen LogP contribution in [0.2, 0.25) is 0 Å². The van der Waals surface area contributed by atoms with Crippen LogP contribution in [-0.2, 0) is 38.1 Å². The Morgan fingerprint density at radius 3 is 1.07 bits per heavy atom. The summed E-state index contributed by atoms with van der Waals surface area (Å²) in [5.74, 6) is -3.90. The average Bonchev–Trinajstić information content (AvgIpc) is 3.34. The predicted molar refractivity (Wildman–Crippen MR) is 96.8 cm³/mol. The van der Waals surface area contributed by atoms with Gasteiger partial charge in [0.25, 0.3) is 0 Å². The fourth-order valence-electron chi connectivity index (χ4n) is 7.68. The number of hydrogen-bond acceptors (Lipinski definition) is 8. The number of carbonyl (C=O) groups is 4. The van der Waals surface area contributed by atoms with Crippen LogP contribution < -0.4 is 0 Å². The van der Waals surface area contributed by atoms with Gasteiger partial charge in [0.05, 0.1) is 52.1 Å². The summed E-state index contributed by atoms with van der Waals surface area (Å²) >= 11 is 0. The Hall–Kier alpha value is -2.12. The highest BCUT2D eigenvalue weighted by atomic mass is 16.5. The number of esters is 4. The maximum Gasteiger partial charge on any atom is 0.309 e. The lowest BCUT2D eigenvalue weighted by Gasteiger charge is -2.57. The van der Waals surface area contributed by atoms with E-state index >= 15 is 0 Å². The van der Waals surface area contributed by atoms with Gasteiger partial charge in [0.1, 0.15) is 0 Å². The second-order valence-corrected chi connectivity index (χ2v) is 8.82. The standard InChI is InChI=1S/C21H28O8/c1-26-18(22)14-8-5-6-9(15(14)19(23)27-2)13-11-7-10(12(8)13)16(20(24)28-3)17(11)21(25)29-4/h8-17H,5-7H2,1-4H3/t8-,9+,10+,11-,12?,13?,14-,15+,16-,17+. The summed E-state index contributed by atoms with van der Waals surface area (Å²) in [4.78, 5) is 50.6. The largest absolute Gasteiger partial charge is 0.469 e. The molecule has 5 saturated carbocycles. The summed E-state index contributed by atoms with van der Waals surface area (Å²) in [6, 6.07) is 0. The quantitative estimate of drug-likeness (QED) is 0.502. The molecular formula is C21H28O8. The predicted octanol–water partition coefficient (Wildman–Crippen LogP) is 1.07. The Balaban J connectivity index is 1.76. The summed E-state index contributed by atoms with van der Waals surface area (Å²) in [5.41, 5.74) is 0. The summed E-state index contributed by atoms with van der Waals surface area (Å²) in [6.45, 7) is 0. The van der Waals surface area contributed by atoms with Crippen molar-refractivity contribution in [3.8, 4) is 0 Å². The molecule has 5 aliphatic rings. The second-order valence-electron chi connectivity index (χ2n) is 8.82. The minimum absolute atomic E-state index is 0.0555. The molecule has 0 N–H and O–H groups in total. The van der Waals surface area contributed by atoms with E-state index in [4.69, 9.17) is 18.9 Å². The van der Waals surface area contributed by atoms with Crippen LogP contribution >= 0.6 is 0 Å². The number of carbonyl (C=O) groups excluding carboxylic acids is 4. The number of fused-ring (bicyclic) bond motifs is 4. The van der Waals surface area contributed by atoms with Crippen molar-refractivity contribution in [3.63, 3.8) is 0 Å². The van der Waals surface area contributed by atoms with E-state index in [-0.39, 0.29) is 35.5 Å². The van der Waals surface area contributed by atoms with Crippen molar-refractivity contribution in [2.75, 3.05) is 28.4 Å². The van der Waals surface area contributed by atoms with E-state index in [2.05, 4.69) is 0 Å². The van der Waals surface area contributed by atoms with Crippen molar-refractivity contribution in [1.82, 2.24) is 0 Å². The van der Waals surface area contributed by atoms with Crippen LogP contribution in [0, 0.1) is 59.2 Å². The zero-order valence-corrected chi connectivity index (χ0v) is 17.2. The van der Waals surface area contributed by atoms with Gasteiger partial charge in [-0.15, -0.1) is 0 Å². The topological polar surface area (TPSA) is 105 Å². The molecule has 8 nitrogen and oxygen atoms in total. The molecule has 5 rings (SSSR count). The van der Waals surface area contributed by atoms with E-state index in [0.717, 1.165) is 12.8 Å². The van der Waals surface area contributed by atoms with Gasteiger partial charge >= 0.3 is 23.9 Å². The Labute approximate surface area is 169 Å². The molecule has 29 heavy (non-hydrogen) atoms. The van der Waals surface area contributed by atoms with Crippen LogP contribution in [0.15, 0.2) is 0 Å². The van der Waals surface area contributed by atoms with E-state index in [1.54, 1.807) is 0 Å². The van der Waals surface area contributed by atoms with Gasteiger partial charge in [0, 0.05) is 0 Å². The third-order valence-electron chi connectivity index (χ3n) is 8.31. The molecule has 0 spiro atoms. The molecule has 5 aliphatic carbocycles. The molecule has 0 aromatic carbocycles. The lowest BCUT2D eigenvalue weighted by Crippen LogP contribution is -2.60. The van der Waals surface area contributed by atoms with Gasteiger partial charge in [-0.25, -0.2) is 0 Å². The van der Waals surface area contributed by atoms with E-state index < -0.39 is 47.5 Å². The maximum absolute atomic E-state index is 12.7. The Kier molecular flexibility index (Phi) is 5.07. The monoisotopic (exact) mass is 408 g/mol. The van der Waals surface area contributed by atoms with Crippen LogP contribution in [0.25, 0.3) is 0 Å². The van der Waals surface area contributed by atoms with Gasteiger partial charge in [-0.2, -0.15) is 0 Å². The number of rotatable bonds is 4. The van der Waals surface area contributed by atoms with Crippen molar-refractivity contribution in [1.29, 1.82) is 0 Å². The molecular weight excluding hydrogens is 380 g/mol. The van der Waals surface area contributed by atoms with E-state index in [1.807, 2.05) is 0 Å².